The zero-order chi connectivity index (χ0) is 31.2. The number of fused-ring (bicyclic) bond motifs is 5. The summed E-state index contributed by atoms with van der Waals surface area (Å²) in [7, 11) is 0. The third-order valence-corrected chi connectivity index (χ3v) is 9.35. The fourth-order valence-corrected chi connectivity index (χ4v) is 6.98. The minimum Gasteiger partial charge on any atom is -0.464 e. The molecule has 47 heavy (non-hydrogen) atoms. The molecule has 7 aromatic rings. The lowest BCUT2D eigenvalue weighted by Crippen LogP contribution is -2.39. The highest BCUT2D eigenvalue weighted by atomic mass is 16.5. The molecular weight excluding hydrogens is 574 g/mol. The molecule has 226 valence electrons. The van der Waals surface area contributed by atoms with Gasteiger partial charge in [0.25, 0.3) is 0 Å². The van der Waals surface area contributed by atoms with Crippen LogP contribution in [0.4, 0.5) is 5.69 Å². The molecule has 0 amide bonds. The Hall–Kier alpha value is -5.84. The molecule has 3 unspecified atom stereocenters. The molecule has 4 heteroatoms. The predicted molar refractivity (Wildman–Crippen MR) is 193 cm³/mol. The fraction of sp³-hybridized carbons (Fsp3) is 0.0698. The Morgan fingerprint density at radius 3 is 1.98 bits per heavy atom. The normalized spacial score (nSPS) is 18.6. The Morgan fingerprint density at radius 1 is 0.489 bits per heavy atom. The molecule has 0 saturated heterocycles. The van der Waals surface area contributed by atoms with Crippen molar-refractivity contribution in [3.05, 3.63) is 186 Å². The van der Waals surface area contributed by atoms with Gasteiger partial charge in [-0.25, -0.2) is 0 Å². The molecule has 7 aromatic carbocycles. The predicted octanol–water partition coefficient (Wildman–Crippen LogP) is 10.1. The summed E-state index contributed by atoms with van der Waals surface area (Å²) in [6, 6.07) is 55.9. The monoisotopic (exact) mass is 607 g/mol. The van der Waals surface area contributed by atoms with Gasteiger partial charge in [-0.1, -0.05) is 140 Å². The van der Waals surface area contributed by atoms with Gasteiger partial charge in [-0.2, -0.15) is 0 Å². The zero-order valence-electron chi connectivity index (χ0n) is 25.7. The van der Waals surface area contributed by atoms with Crippen molar-refractivity contribution in [1.29, 1.82) is 0 Å². The summed E-state index contributed by atoms with van der Waals surface area (Å²) in [5, 5.41) is 16.0. The summed E-state index contributed by atoms with van der Waals surface area (Å²) in [4.78, 5) is 0. The molecule has 0 spiro atoms. The van der Waals surface area contributed by atoms with Crippen LogP contribution in [0.3, 0.4) is 0 Å². The fourth-order valence-electron chi connectivity index (χ4n) is 6.98. The standard InChI is InChI=1S/C43H33N3O/c1-4-11-28(12-5-1)32-17-10-18-34(25-32)39-27-38(29-13-6-2-7-14-29)44-42(45-39)35-21-23-36-33(26-35)20-19-30-22-24-37-41(40(30)36)47-43(46-37)31-15-8-3-9-16-31/h1-27,39,42-46H. The number of hydrogen-bond donors (Lipinski definition) is 3. The van der Waals surface area contributed by atoms with Crippen LogP contribution in [-0.2, 0) is 0 Å². The molecule has 3 N–H and O–H groups in total. The van der Waals surface area contributed by atoms with E-state index in [1.807, 2.05) is 6.07 Å². The lowest BCUT2D eigenvalue weighted by atomic mass is 9.94. The van der Waals surface area contributed by atoms with Gasteiger partial charge >= 0.3 is 0 Å². The quantitative estimate of drug-likeness (QED) is 0.170. The largest absolute Gasteiger partial charge is 0.464 e. The Morgan fingerprint density at radius 2 is 1.17 bits per heavy atom. The smallest absolute Gasteiger partial charge is 0.196 e. The van der Waals surface area contributed by atoms with Crippen molar-refractivity contribution in [2.45, 2.75) is 18.4 Å². The van der Waals surface area contributed by atoms with Crippen molar-refractivity contribution in [3.8, 4) is 16.9 Å². The van der Waals surface area contributed by atoms with E-state index in [1.165, 1.54) is 44.0 Å². The van der Waals surface area contributed by atoms with Crippen molar-refractivity contribution in [3.63, 3.8) is 0 Å². The minimum atomic E-state index is -0.206. The highest BCUT2D eigenvalue weighted by Crippen LogP contribution is 2.46. The average molecular weight is 608 g/mol. The number of benzene rings is 7. The molecule has 0 fully saturated rings. The number of anilines is 1. The van der Waals surface area contributed by atoms with Crippen LogP contribution in [0.2, 0.25) is 0 Å². The maximum absolute atomic E-state index is 6.59. The highest BCUT2D eigenvalue weighted by molar-refractivity contribution is 6.13. The van der Waals surface area contributed by atoms with Gasteiger partial charge in [0.2, 0.25) is 0 Å². The summed E-state index contributed by atoms with van der Waals surface area (Å²) < 4.78 is 6.59. The van der Waals surface area contributed by atoms with Crippen molar-refractivity contribution < 1.29 is 4.74 Å². The van der Waals surface area contributed by atoms with Crippen LogP contribution in [0.5, 0.6) is 5.75 Å². The van der Waals surface area contributed by atoms with E-state index >= 15 is 0 Å². The molecular formula is C43H33N3O. The maximum Gasteiger partial charge on any atom is 0.196 e. The van der Waals surface area contributed by atoms with E-state index in [9.17, 15) is 0 Å². The average Bonchev–Trinajstić information content (AvgIpc) is 3.60. The van der Waals surface area contributed by atoms with Crippen LogP contribution in [0.15, 0.2) is 164 Å². The van der Waals surface area contributed by atoms with Crippen molar-refractivity contribution >= 4 is 32.9 Å². The van der Waals surface area contributed by atoms with E-state index in [1.54, 1.807) is 0 Å². The molecule has 0 radical (unpaired) electrons. The minimum absolute atomic E-state index is 0.0186. The van der Waals surface area contributed by atoms with E-state index in [-0.39, 0.29) is 18.4 Å². The molecule has 2 heterocycles. The summed E-state index contributed by atoms with van der Waals surface area (Å²) in [5.41, 5.74) is 9.26. The Kier molecular flexibility index (Phi) is 6.72. The van der Waals surface area contributed by atoms with Crippen LogP contribution in [-0.4, -0.2) is 0 Å². The number of nitrogens with one attached hydrogen (secondary N) is 3. The first-order chi connectivity index (χ1) is 23.3. The van der Waals surface area contributed by atoms with Crippen molar-refractivity contribution in [2.24, 2.45) is 0 Å². The van der Waals surface area contributed by atoms with Gasteiger partial charge < -0.3 is 15.4 Å². The molecule has 0 saturated carbocycles. The molecule has 0 aliphatic carbocycles. The summed E-state index contributed by atoms with van der Waals surface area (Å²) >= 11 is 0. The topological polar surface area (TPSA) is 45.3 Å². The first-order valence-corrected chi connectivity index (χ1v) is 16.2. The Balaban J connectivity index is 1.09. The summed E-state index contributed by atoms with van der Waals surface area (Å²) in [6.45, 7) is 0. The third-order valence-electron chi connectivity index (χ3n) is 9.35. The van der Waals surface area contributed by atoms with Crippen LogP contribution >= 0.6 is 0 Å². The molecule has 9 rings (SSSR count). The van der Waals surface area contributed by atoms with Crippen molar-refractivity contribution in [1.82, 2.24) is 10.6 Å². The number of rotatable bonds is 5. The second-order valence-electron chi connectivity index (χ2n) is 12.3. The third kappa shape index (κ3) is 5.09. The lowest BCUT2D eigenvalue weighted by Gasteiger charge is -2.33. The molecule has 2 aliphatic heterocycles. The van der Waals surface area contributed by atoms with Gasteiger partial charge in [0.15, 0.2) is 12.0 Å². The second kappa shape index (κ2) is 11.5. The van der Waals surface area contributed by atoms with Gasteiger partial charge in [-0.15, -0.1) is 0 Å². The number of ether oxygens (including phenoxy) is 1. The van der Waals surface area contributed by atoms with Gasteiger partial charge in [0.05, 0.1) is 11.7 Å². The zero-order valence-corrected chi connectivity index (χ0v) is 25.7. The Bertz CT molecular complexity index is 2260. The van der Waals surface area contributed by atoms with Gasteiger partial charge in [-0.05, 0) is 68.3 Å². The van der Waals surface area contributed by atoms with Crippen molar-refractivity contribution in [2.75, 3.05) is 5.32 Å². The molecule has 2 aliphatic rings. The van der Waals surface area contributed by atoms with Gasteiger partial charge in [0.1, 0.15) is 6.17 Å². The van der Waals surface area contributed by atoms with Gasteiger partial charge in [0, 0.05) is 16.6 Å². The molecule has 0 bridgehead atoms. The molecule has 0 aromatic heterocycles. The second-order valence-corrected chi connectivity index (χ2v) is 12.3. The van der Waals surface area contributed by atoms with E-state index in [0.717, 1.165) is 28.1 Å². The van der Waals surface area contributed by atoms with Crippen LogP contribution in [0.1, 0.15) is 40.7 Å². The summed E-state index contributed by atoms with van der Waals surface area (Å²) in [5.74, 6) is 0.913. The van der Waals surface area contributed by atoms with Crippen LogP contribution in [0, 0.1) is 0 Å². The maximum atomic E-state index is 6.59. The van der Waals surface area contributed by atoms with Crippen LogP contribution in [0.25, 0.3) is 38.4 Å². The summed E-state index contributed by atoms with van der Waals surface area (Å²) in [6.07, 6.45) is 2.01. The van der Waals surface area contributed by atoms with Crippen LogP contribution < -0.4 is 20.7 Å². The lowest BCUT2D eigenvalue weighted by molar-refractivity contribution is 0.263. The molecule has 3 atom stereocenters. The highest BCUT2D eigenvalue weighted by Gasteiger charge is 2.27. The SMILES string of the molecule is C1=C(c2ccccc2)NC(c2ccc3c(ccc4ccc5c(c43)OC(c3ccccc3)N5)c2)NC1c1cccc(-c2ccccc2)c1. The van der Waals surface area contributed by atoms with E-state index < -0.39 is 0 Å². The first-order valence-electron chi connectivity index (χ1n) is 16.2. The number of hydrogen-bond acceptors (Lipinski definition) is 4. The van der Waals surface area contributed by atoms with Gasteiger partial charge in [-0.3, -0.25) is 5.32 Å². The first kappa shape index (κ1) is 27.5. The van der Waals surface area contributed by atoms with E-state index in [2.05, 4.69) is 174 Å². The van der Waals surface area contributed by atoms with E-state index in [4.69, 9.17) is 4.74 Å². The molecule has 4 nitrogen and oxygen atoms in total. The van der Waals surface area contributed by atoms with E-state index in [0.29, 0.717) is 0 Å². The Labute approximate surface area is 274 Å².